The molecule has 0 aliphatic rings. The molecule has 1 aromatic rings. The van der Waals surface area contributed by atoms with Crippen LogP contribution in [0.4, 0.5) is 0 Å². The average molecular weight is 235 g/mol. The fourth-order valence-corrected chi connectivity index (χ4v) is 1.58. The number of carbonyl (C=O) groups excluding carboxylic acids is 1. The van der Waals surface area contributed by atoms with E-state index in [-0.39, 0.29) is 18.0 Å². The zero-order chi connectivity index (χ0) is 12.7. The summed E-state index contributed by atoms with van der Waals surface area (Å²) in [6, 6.07) is 3.82. The van der Waals surface area contributed by atoms with Gasteiger partial charge in [0.25, 0.3) is 0 Å². The molecule has 0 saturated carbocycles. The summed E-state index contributed by atoms with van der Waals surface area (Å²) in [5, 5.41) is 6.12. The van der Waals surface area contributed by atoms with Gasteiger partial charge in [-0.1, -0.05) is 13.0 Å². The highest BCUT2D eigenvalue weighted by molar-refractivity contribution is 5.81. The molecule has 0 aliphatic heterocycles. The van der Waals surface area contributed by atoms with Crippen LogP contribution in [0, 0.1) is 0 Å². The highest BCUT2D eigenvalue weighted by Crippen LogP contribution is 2.10. The molecule has 4 nitrogen and oxygen atoms in total. The van der Waals surface area contributed by atoms with Gasteiger partial charge in [0.2, 0.25) is 5.91 Å². The lowest BCUT2D eigenvalue weighted by atomic mass is 10.1. The van der Waals surface area contributed by atoms with Crippen LogP contribution in [-0.4, -0.2) is 23.5 Å². The quantitative estimate of drug-likeness (QED) is 0.788. The Labute approximate surface area is 103 Å². The summed E-state index contributed by atoms with van der Waals surface area (Å²) in [5.41, 5.74) is 1.09. The van der Waals surface area contributed by atoms with Gasteiger partial charge in [0.1, 0.15) is 0 Å². The number of hydrogen-bond donors (Lipinski definition) is 2. The topological polar surface area (TPSA) is 54.0 Å². The smallest absolute Gasteiger partial charge is 0.236 e. The normalized spacial score (nSPS) is 14.1. The second-order valence-electron chi connectivity index (χ2n) is 4.19. The van der Waals surface area contributed by atoms with E-state index < -0.39 is 0 Å². The molecule has 94 valence electrons. The number of nitrogens with zero attached hydrogens (tertiary/aromatic N) is 1. The second-order valence-corrected chi connectivity index (χ2v) is 4.19. The molecule has 2 N–H and O–H groups in total. The average Bonchev–Trinajstić information content (AvgIpc) is 2.36. The van der Waals surface area contributed by atoms with Gasteiger partial charge >= 0.3 is 0 Å². The maximum atomic E-state index is 11.7. The molecule has 1 aromatic heterocycles. The molecule has 1 rings (SSSR count). The maximum Gasteiger partial charge on any atom is 0.236 e. The van der Waals surface area contributed by atoms with Gasteiger partial charge < -0.3 is 5.32 Å². The van der Waals surface area contributed by atoms with E-state index in [1.165, 1.54) is 0 Å². The van der Waals surface area contributed by atoms with E-state index in [1.807, 2.05) is 39.1 Å². The molecular formula is C13H21N3O. The van der Waals surface area contributed by atoms with E-state index in [9.17, 15) is 4.79 Å². The summed E-state index contributed by atoms with van der Waals surface area (Å²) in [7, 11) is 0. The van der Waals surface area contributed by atoms with Gasteiger partial charge in [0, 0.05) is 25.0 Å². The molecule has 2 atom stereocenters. The Balaban J connectivity index is 2.45. The fourth-order valence-electron chi connectivity index (χ4n) is 1.58. The number of hydrogen-bond acceptors (Lipinski definition) is 3. The first-order valence-electron chi connectivity index (χ1n) is 6.08. The van der Waals surface area contributed by atoms with E-state index in [0.717, 1.165) is 18.5 Å². The second kappa shape index (κ2) is 7.01. The van der Waals surface area contributed by atoms with Crippen LogP contribution in [0.15, 0.2) is 24.5 Å². The molecule has 4 heteroatoms. The summed E-state index contributed by atoms with van der Waals surface area (Å²) < 4.78 is 0. The van der Waals surface area contributed by atoms with E-state index in [2.05, 4.69) is 15.6 Å². The van der Waals surface area contributed by atoms with Gasteiger partial charge in [-0.25, -0.2) is 0 Å². The Kier molecular flexibility index (Phi) is 5.63. The minimum atomic E-state index is -0.197. The predicted octanol–water partition coefficient (Wildman–Crippen LogP) is 1.65. The van der Waals surface area contributed by atoms with E-state index in [4.69, 9.17) is 0 Å². The number of amides is 1. The third-order valence-corrected chi connectivity index (χ3v) is 2.63. The van der Waals surface area contributed by atoms with Crippen molar-refractivity contribution >= 4 is 5.91 Å². The highest BCUT2D eigenvalue weighted by atomic mass is 16.2. The van der Waals surface area contributed by atoms with Crippen molar-refractivity contribution in [3.63, 3.8) is 0 Å². The van der Waals surface area contributed by atoms with Crippen molar-refractivity contribution in [2.45, 2.75) is 39.3 Å². The molecule has 0 aliphatic carbocycles. The Bertz CT molecular complexity index is 340. The fraction of sp³-hybridized carbons (Fsp3) is 0.538. The van der Waals surface area contributed by atoms with Crippen LogP contribution in [-0.2, 0) is 4.79 Å². The molecule has 17 heavy (non-hydrogen) atoms. The summed E-state index contributed by atoms with van der Waals surface area (Å²) >= 11 is 0. The van der Waals surface area contributed by atoms with Crippen molar-refractivity contribution in [1.29, 1.82) is 0 Å². The summed E-state index contributed by atoms with van der Waals surface area (Å²) in [6.45, 7) is 6.67. The van der Waals surface area contributed by atoms with Crippen LogP contribution in [0.1, 0.15) is 38.8 Å². The maximum absolute atomic E-state index is 11.7. The van der Waals surface area contributed by atoms with E-state index in [0.29, 0.717) is 0 Å². The summed E-state index contributed by atoms with van der Waals surface area (Å²) in [6.07, 6.45) is 4.51. The van der Waals surface area contributed by atoms with Crippen LogP contribution in [0.5, 0.6) is 0 Å². The molecule has 0 fully saturated rings. The highest BCUT2D eigenvalue weighted by Gasteiger charge is 2.15. The Morgan fingerprint density at radius 2 is 2.24 bits per heavy atom. The van der Waals surface area contributed by atoms with E-state index in [1.54, 1.807) is 6.20 Å². The van der Waals surface area contributed by atoms with Crippen molar-refractivity contribution in [1.82, 2.24) is 15.6 Å². The zero-order valence-corrected chi connectivity index (χ0v) is 10.7. The van der Waals surface area contributed by atoms with Crippen molar-refractivity contribution in [2.75, 3.05) is 6.54 Å². The number of aromatic nitrogens is 1. The molecule has 0 aromatic carbocycles. The molecule has 0 bridgehead atoms. The number of rotatable bonds is 6. The number of pyridine rings is 1. The van der Waals surface area contributed by atoms with Crippen LogP contribution in [0.3, 0.4) is 0 Å². The molecule has 1 unspecified atom stereocenters. The molecule has 0 radical (unpaired) electrons. The Morgan fingerprint density at radius 3 is 2.82 bits per heavy atom. The molecular weight excluding hydrogens is 214 g/mol. The number of carbonyl (C=O) groups is 1. The van der Waals surface area contributed by atoms with Crippen molar-refractivity contribution in [3.05, 3.63) is 30.1 Å². The first kappa shape index (κ1) is 13.6. The first-order chi connectivity index (χ1) is 8.15. The third kappa shape index (κ3) is 4.53. The van der Waals surface area contributed by atoms with Crippen molar-refractivity contribution in [2.24, 2.45) is 0 Å². The molecule has 1 amide bonds. The van der Waals surface area contributed by atoms with Gasteiger partial charge in [0.15, 0.2) is 0 Å². The van der Waals surface area contributed by atoms with Crippen LogP contribution in [0.25, 0.3) is 0 Å². The first-order valence-corrected chi connectivity index (χ1v) is 6.08. The van der Waals surface area contributed by atoms with Gasteiger partial charge in [-0.15, -0.1) is 0 Å². The van der Waals surface area contributed by atoms with Crippen LogP contribution < -0.4 is 10.6 Å². The predicted molar refractivity (Wildman–Crippen MR) is 68.6 cm³/mol. The molecule has 0 spiro atoms. The van der Waals surface area contributed by atoms with Gasteiger partial charge in [-0.2, -0.15) is 0 Å². The van der Waals surface area contributed by atoms with Crippen LogP contribution in [0.2, 0.25) is 0 Å². The summed E-state index contributed by atoms with van der Waals surface area (Å²) in [4.78, 5) is 15.7. The minimum Gasteiger partial charge on any atom is -0.355 e. The third-order valence-electron chi connectivity index (χ3n) is 2.63. The standard InChI is InChI=1S/C13H21N3O/c1-4-7-15-13(17)11(3)16-10(2)12-6-5-8-14-9-12/h5-6,8-11,16H,4,7H2,1-3H3,(H,15,17)/t10-,11?/m1/s1. The Hall–Kier alpha value is -1.42. The number of nitrogens with one attached hydrogen (secondary N) is 2. The lowest BCUT2D eigenvalue weighted by Gasteiger charge is -2.19. The van der Waals surface area contributed by atoms with E-state index >= 15 is 0 Å². The largest absolute Gasteiger partial charge is 0.355 e. The monoisotopic (exact) mass is 235 g/mol. The van der Waals surface area contributed by atoms with Gasteiger partial charge in [0.05, 0.1) is 6.04 Å². The minimum absolute atomic E-state index is 0.0441. The van der Waals surface area contributed by atoms with Crippen LogP contribution >= 0.6 is 0 Å². The molecule has 0 saturated heterocycles. The molecule has 1 heterocycles. The van der Waals surface area contributed by atoms with Gasteiger partial charge in [-0.3, -0.25) is 15.1 Å². The van der Waals surface area contributed by atoms with Gasteiger partial charge in [-0.05, 0) is 31.9 Å². The lowest BCUT2D eigenvalue weighted by Crippen LogP contribution is -2.43. The SMILES string of the molecule is CCCNC(=O)C(C)N[C@H](C)c1cccnc1. The Morgan fingerprint density at radius 1 is 1.47 bits per heavy atom. The van der Waals surface area contributed by atoms with Crippen molar-refractivity contribution < 1.29 is 4.79 Å². The van der Waals surface area contributed by atoms with Crippen molar-refractivity contribution in [3.8, 4) is 0 Å². The zero-order valence-electron chi connectivity index (χ0n) is 10.7. The summed E-state index contributed by atoms with van der Waals surface area (Å²) in [5.74, 6) is 0.0441. The lowest BCUT2D eigenvalue weighted by molar-refractivity contribution is -0.122.